The Kier molecular flexibility index (Phi) is 18.3. The summed E-state index contributed by atoms with van der Waals surface area (Å²) >= 11 is 24.8. The summed E-state index contributed by atoms with van der Waals surface area (Å²) in [5, 5.41) is 0. The number of hydrogen-bond donors (Lipinski definition) is 0. The molecule has 0 N–H and O–H groups in total. The summed E-state index contributed by atoms with van der Waals surface area (Å²) in [7, 11) is 0. The first-order valence-electron chi connectivity index (χ1n) is 33.1. The summed E-state index contributed by atoms with van der Waals surface area (Å²) in [6, 6.07) is 74.7. The predicted molar refractivity (Wildman–Crippen MR) is 405 cm³/mol. The van der Waals surface area contributed by atoms with Crippen LogP contribution in [0.3, 0.4) is 0 Å². The minimum Gasteiger partial charge on any atom is -0.459 e. The molecule has 0 fully saturated rings. The second-order valence-corrected chi connectivity index (χ2v) is 26.9. The fraction of sp³-hybridized carbons (Fsp3) is 0.103. The van der Waals surface area contributed by atoms with Gasteiger partial charge >= 0.3 is 35.8 Å². The van der Waals surface area contributed by atoms with Crippen molar-refractivity contribution < 1.29 is 57.2 Å². The molecule has 12 nitrogen and oxygen atoms in total. The van der Waals surface area contributed by atoms with E-state index in [0.29, 0.717) is 86.2 Å². The summed E-state index contributed by atoms with van der Waals surface area (Å²) in [5.41, 5.74) is -0.209. The van der Waals surface area contributed by atoms with Gasteiger partial charge in [0.25, 0.3) is 0 Å². The number of rotatable bonds is 20. The van der Waals surface area contributed by atoms with Crippen molar-refractivity contribution in [3.63, 3.8) is 0 Å². The molecular weight excluding hydrogens is 1370 g/mol. The van der Waals surface area contributed by atoms with Gasteiger partial charge in [0, 0.05) is 33.4 Å². The summed E-state index contributed by atoms with van der Waals surface area (Å²) in [6.07, 6.45) is 6.44. The number of esters is 6. The fourth-order valence-electron chi connectivity index (χ4n) is 14.2. The van der Waals surface area contributed by atoms with Crippen molar-refractivity contribution in [2.24, 2.45) is 0 Å². The molecule has 103 heavy (non-hydrogen) atoms. The lowest BCUT2D eigenvalue weighted by Gasteiger charge is -2.30. The summed E-state index contributed by atoms with van der Waals surface area (Å²) < 4.78 is 38.5. The number of hydrogen-bond acceptors (Lipinski definition) is 16. The summed E-state index contributed by atoms with van der Waals surface area (Å²) in [4.78, 5) is 99.7. The van der Waals surface area contributed by atoms with Gasteiger partial charge < -0.3 is 28.4 Å². The molecular formula is C87H58O12S4. The number of thiocarbonyl (C=S) groups is 4. The van der Waals surface area contributed by atoms with Crippen molar-refractivity contribution in [3.8, 4) is 11.1 Å². The van der Waals surface area contributed by atoms with Crippen LogP contribution in [0.25, 0.3) is 23.3 Å². The third kappa shape index (κ3) is 11.8. The van der Waals surface area contributed by atoms with Crippen LogP contribution in [-0.2, 0) is 113 Å². The highest BCUT2D eigenvalue weighted by molar-refractivity contribution is 7.84. The van der Waals surface area contributed by atoms with Crippen LogP contribution >= 0.6 is 48.9 Å². The van der Waals surface area contributed by atoms with Gasteiger partial charge in [0.1, 0.15) is 39.6 Å². The Morgan fingerprint density at radius 3 is 0.709 bits per heavy atom. The summed E-state index contributed by atoms with van der Waals surface area (Å²) in [5.74, 6) is -6.37. The molecule has 502 valence electrons. The number of ether oxygens (including phenoxy) is 6. The molecule has 5 aliphatic rings. The standard InChI is InChI=1S/C87H58O12S4/c88-79(94-47-53-23-7-1-8-24-53)85(80(89)95-48-54-25-9-2-10-26-54)61(43-69-75(100)63-35-19-20-36-64(63)76(69)101)39-59-41-73-67(45-71(59)85)68-46-72-60(42-74(68)87(73,83(92)98-51-57-31-15-5-16-32-57)84(93)99-52-58-33-17-6-18-34-58)40-62(44-70-77(102)65-37-21-22-38-66(65)78(70)103)86(72,81(90)96-49-55-27-11-3-12-28-55)82(91)97-50-56-29-13-4-14-30-56/h1-46H,47-52H2. The number of allylic oxidation sites excluding steroid dienone is 4. The maximum atomic E-state index is 16.5. The molecule has 0 bridgehead atoms. The first kappa shape index (κ1) is 67.2. The van der Waals surface area contributed by atoms with Crippen LogP contribution < -0.4 is 0 Å². The van der Waals surface area contributed by atoms with Crippen LogP contribution in [0.4, 0.5) is 0 Å². The molecule has 10 aromatic rings. The van der Waals surface area contributed by atoms with Crippen LogP contribution in [-0.4, -0.2) is 55.3 Å². The molecule has 10 aromatic carbocycles. The zero-order valence-corrected chi connectivity index (χ0v) is 58.1. The average molecular weight is 1420 g/mol. The molecule has 0 unspecified atom stereocenters. The fourth-order valence-corrected chi connectivity index (χ4v) is 15.7. The largest absolute Gasteiger partial charge is 0.459 e. The molecule has 5 aliphatic carbocycles. The second kappa shape index (κ2) is 28.0. The Hall–Kier alpha value is -11.7. The Bertz CT molecular complexity index is 4840. The molecule has 0 aromatic heterocycles. The van der Waals surface area contributed by atoms with Crippen molar-refractivity contribution in [1.29, 1.82) is 0 Å². The zero-order chi connectivity index (χ0) is 71.0. The van der Waals surface area contributed by atoms with Crippen LogP contribution in [0.2, 0.25) is 0 Å². The number of carbonyl (C=O) groups excluding carboxylic acids is 6. The lowest BCUT2D eigenvalue weighted by atomic mass is 9.73. The van der Waals surface area contributed by atoms with E-state index in [1.165, 1.54) is 0 Å². The quantitative estimate of drug-likeness (QED) is 0.0233. The second-order valence-electron chi connectivity index (χ2n) is 25.3. The first-order valence-corrected chi connectivity index (χ1v) is 34.7. The van der Waals surface area contributed by atoms with Gasteiger partial charge in [0.15, 0.2) is 0 Å². The Balaban J connectivity index is 1.01. The van der Waals surface area contributed by atoms with Crippen molar-refractivity contribution in [3.05, 3.63) is 378 Å². The van der Waals surface area contributed by atoms with E-state index < -0.39 is 52.1 Å². The van der Waals surface area contributed by atoms with Crippen LogP contribution in [0.15, 0.2) is 289 Å². The minimum atomic E-state index is -2.59. The molecule has 0 spiro atoms. The Morgan fingerprint density at radius 1 is 0.262 bits per heavy atom. The molecule has 0 aliphatic heterocycles. The highest BCUT2D eigenvalue weighted by Crippen LogP contribution is 2.59. The van der Waals surface area contributed by atoms with Crippen LogP contribution in [0.5, 0.6) is 0 Å². The summed E-state index contributed by atoms with van der Waals surface area (Å²) in [6.45, 7) is -1.83. The van der Waals surface area contributed by atoms with Crippen LogP contribution in [0.1, 0.15) is 89.0 Å². The molecule has 0 amide bonds. The molecule has 0 saturated carbocycles. The van der Waals surface area contributed by atoms with Gasteiger partial charge in [-0.2, -0.15) is 0 Å². The Labute approximate surface area is 614 Å². The lowest BCUT2D eigenvalue weighted by molar-refractivity contribution is -0.166. The highest BCUT2D eigenvalue weighted by atomic mass is 32.1. The van der Waals surface area contributed by atoms with E-state index in [-0.39, 0.29) is 95.3 Å². The highest BCUT2D eigenvalue weighted by Gasteiger charge is 2.64. The van der Waals surface area contributed by atoms with Crippen molar-refractivity contribution in [1.82, 2.24) is 0 Å². The molecule has 16 heteroatoms. The number of fused-ring (bicyclic) bond motifs is 7. The van der Waals surface area contributed by atoms with E-state index >= 15 is 28.8 Å². The van der Waals surface area contributed by atoms with E-state index in [4.69, 9.17) is 77.3 Å². The number of carbonyl (C=O) groups is 6. The molecule has 0 heterocycles. The zero-order valence-electron chi connectivity index (χ0n) is 54.8. The van der Waals surface area contributed by atoms with Gasteiger partial charge in [-0.05, 0) is 138 Å². The topological polar surface area (TPSA) is 158 Å². The van der Waals surface area contributed by atoms with Gasteiger partial charge in [0.05, 0.1) is 19.5 Å². The molecule has 0 saturated heterocycles. The van der Waals surface area contributed by atoms with E-state index in [0.717, 1.165) is 0 Å². The molecule has 15 rings (SSSR count). The van der Waals surface area contributed by atoms with E-state index in [1.807, 2.05) is 84.9 Å². The lowest BCUT2D eigenvalue weighted by Crippen LogP contribution is -2.47. The smallest absolute Gasteiger partial charge is 0.333 e. The maximum absolute atomic E-state index is 16.5. The van der Waals surface area contributed by atoms with Gasteiger partial charge in [-0.3, -0.25) is 28.8 Å². The van der Waals surface area contributed by atoms with Gasteiger partial charge in [0.2, 0.25) is 16.2 Å². The monoisotopic (exact) mass is 1420 g/mol. The van der Waals surface area contributed by atoms with Crippen molar-refractivity contribution in [2.45, 2.75) is 55.9 Å². The third-order valence-electron chi connectivity index (χ3n) is 19.3. The SMILES string of the molecule is O=C(OCc1ccccc1)C1(C(=O)OCc2ccccc2)C(C=C2C(=S)c3ccccc3C2=S)=Cc2cc3c(cc21)-c1cc2c(cc1C3(C(=O)OCc1ccccc1)C(=O)OCc1ccccc1)C=C(C=C1C(=S)c3ccccc3C1=S)C2(C(=O)OCc1ccccc1)C(=O)OCc1ccccc1. The van der Waals surface area contributed by atoms with E-state index in [1.54, 1.807) is 194 Å². The van der Waals surface area contributed by atoms with Crippen molar-refractivity contribution >= 4 is 116 Å². The van der Waals surface area contributed by atoms with Crippen molar-refractivity contribution in [2.75, 3.05) is 0 Å². The maximum Gasteiger partial charge on any atom is 0.333 e. The normalized spacial score (nSPS) is 14.9. The molecule has 0 atom stereocenters. The Morgan fingerprint density at radius 2 is 0.476 bits per heavy atom. The number of benzene rings is 10. The van der Waals surface area contributed by atoms with Gasteiger partial charge in [-0.1, -0.05) is 279 Å². The first-order chi connectivity index (χ1) is 50.2. The van der Waals surface area contributed by atoms with Gasteiger partial charge in [-0.25, -0.2) is 0 Å². The van der Waals surface area contributed by atoms with E-state index in [2.05, 4.69) is 0 Å². The minimum absolute atomic E-state index is 0.00121. The van der Waals surface area contributed by atoms with Crippen LogP contribution in [0, 0.1) is 0 Å². The van der Waals surface area contributed by atoms with E-state index in [9.17, 15) is 0 Å². The van der Waals surface area contributed by atoms with Gasteiger partial charge in [-0.15, -0.1) is 0 Å². The average Bonchev–Trinajstić information content (AvgIpc) is 1.51. The third-order valence-corrected chi connectivity index (χ3v) is 21.1. The molecule has 0 radical (unpaired) electrons. The predicted octanol–water partition coefficient (Wildman–Crippen LogP) is 15.8.